The number of piperazine rings is 1. The van der Waals surface area contributed by atoms with Crippen LogP contribution in [-0.4, -0.2) is 71.3 Å². The van der Waals surface area contributed by atoms with Crippen LogP contribution in [0.1, 0.15) is 24.4 Å². The van der Waals surface area contributed by atoms with Gasteiger partial charge in [-0.25, -0.2) is 10.9 Å². The van der Waals surface area contributed by atoms with E-state index in [1.807, 2.05) is 23.1 Å². The molecule has 3 unspecified atom stereocenters. The molecule has 0 aliphatic carbocycles. The molecular formula is C24H27ClN6O3. The third kappa shape index (κ3) is 4.64. The highest BCUT2D eigenvalue weighted by molar-refractivity contribution is 6.31. The number of hydrogen-bond acceptors (Lipinski definition) is 6. The molecule has 0 spiro atoms. The quantitative estimate of drug-likeness (QED) is 0.683. The Bertz CT molecular complexity index is 1080. The summed E-state index contributed by atoms with van der Waals surface area (Å²) in [4.78, 5) is 47.9. The van der Waals surface area contributed by atoms with E-state index in [2.05, 4.69) is 15.8 Å². The Hall–Kier alpha value is -3.01. The van der Waals surface area contributed by atoms with Crippen molar-refractivity contribution in [2.75, 3.05) is 37.6 Å². The van der Waals surface area contributed by atoms with E-state index in [9.17, 15) is 14.4 Å². The summed E-state index contributed by atoms with van der Waals surface area (Å²) in [6, 6.07) is 10.8. The number of halogens is 1. The molecule has 34 heavy (non-hydrogen) atoms. The van der Waals surface area contributed by atoms with Gasteiger partial charge in [0.05, 0.1) is 5.92 Å². The summed E-state index contributed by atoms with van der Waals surface area (Å²) >= 11 is 6.06. The zero-order chi connectivity index (χ0) is 23.7. The number of anilines is 1. The van der Waals surface area contributed by atoms with Crippen molar-refractivity contribution in [3.63, 3.8) is 0 Å². The first-order chi connectivity index (χ1) is 16.5. The lowest BCUT2D eigenvalue weighted by Crippen LogP contribution is -2.55. The van der Waals surface area contributed by atoms with Crippen molar-refractivity contribution in [2.24, 2.45) is 5.92 Å². The van der Waals surface area contributed by atoms with Gasteiger partial charge in [0.2, 0.25) is 17.7 Å². The Morgan fingerprint density at radius 1 is 0.971 bits per heavy atom. The topological polar surface area (TPSA) is 97.9 Å². The first kappa shape index (κ1) is 22.8. The second-order valence-electron chi connectivity index (χ2n) is 8.95. The van der Waals surface area contributed by atoms with Gasteiger partial charge in [-0.1, -0.05) is 17.7 Å². The highest BCUT2D eigenvalue weighted by Crippen LogP contribution is 2.29. The molecule has 10 heteroatoms. The number of nitrogens with one attached hydrogen (secondary N) is 2. The van der Waals surface area contributed by atoms with Gasteiger partial charge >= 0.3 is 0 Å². The monoisotopic (exact) mass is 482 g/mol. The normalized spacial score (nSPS) is 25.1. The van der Waals surface area contributed by atoms with Gasteiger partial charge in [-0.15, -0.1) is 0 Å². The first-order valence-corrected chi connectivity index (χ1v) is 11.9. The summed E-state index contributed by atoms with van der Waals surface area (Å²) in [5, 5.41) is 0.555. The molecule has 5 rings (SSSR count). The minimum Gasteiger partial charge on any atom is -0.339 e. The summed E-state index contributed by atoms with van der Waals surface area (Å²) in [5.74, 6) is -0.434. The second kappa shape index (κ2) is 9.69. The third-order valence-electron chi connectivity index (χ3n) is 6.81. The van der Waals surface area contributed by atoms with E-state index in [0.717, 1.165) is 5.56 Å². The van der Waals surface area contributed by atoms with Gasteiger partial charge in [0.15, 0.2) is 0 Å². The Kier molecular flexibility index (Phi) is 6.49. The number of aromatic nitrogens is 1. The molecule has 1 aromatic heterocycles. The van der Waals surface area contributed by atoms with E-state index in [-0.39, 0.29) is 42.1 Å². The van der Waals surface area contributed by atoms with Crippen LogP contribution in [0.2, 0.25) is 5.02 Å². The molecule has 3 amide bonds. The molecule has 3 atom stereocenters. The number of carbonyl (C=O) groups is 3. The molecule has 1 aromatic carbocycles. The number of rotatable bonds is 4. The fourth-order valence-corrected chi connectivity index (χ4v) is 5.11. The fraction of sp³-hybridized carbons (Fsp3) is 0.417. The van der Waals surface area contributed by atoms with E-state index in [0.29, 0.717) is 49.9 Å². The maximum absolute atomic E-state index is 13.1. The molecule has 3 fully saturated rings. The number of nitrogens with zero attached hydrogens (tertiary/aromatic N) is 4. The predicted octanol–water partition coefficient (Wildman–Crippen LogP) is 1.37. The van der Waals surface area contributed by atoms with Gasteiger partial charge < -0.3 is 14.7 Å². The van der Waals surface area contributed by atoms with Crippen LogP contribution in [0.3, 0.4) is 0 Å². The largest absolute Gasteiger partial charge is 0.339 e. The smallest absolute Gasteiger partial charge is 0.241 e. The third-order valence-corrected chi connectivity index (χ3v) is 7.04. The van der Waals surface area contributed by atoms with E-state index >= 15 is 0 Å². The number of carbonyl (C=O) groups excluding carboxylic acids is 3. The van der Waals surface area contributed by atoms with Crippen molar-refractivity contribution in [1.29, 1.82) is 0 Å². The summed E-state index contributed by atoms with van der Waals surface area (Å²) in [6.07, 6.45) is 4.34. The summed E-state index contributed by atoms with van der Waals surface area (Å²) in [7, 11) is 0. The molecule has 4 heterocycles. The van der Waals surface area contributed by atoms with Crippen LogP contribution in [0.25, 0.3) is 0 Å². The maximum Gasteiger partial charge on any atom is 0.241 e. The molecule has 2 aromatic rings. The number of amides is 3. The first-order valence-electron chi connectivity index (χ1n) is 11.5. The summed E-state index contributed by atoms with van der Waals surface area (Å²) in [6.45, 7) is 2.27. The van der Waals surface area contributed by atoms with Crippen LogP contribution in [-0.2, 0) is 14.4 Å². The molecule has 9 nitrogen and oxygen atoms in total. The highest BCUT2D eigenvalue weighted by atomic mass is 35.5. The van der Waals surface area contributed by atoms with Crippen molar-refractivity contribution in [1.82, 2.24) is 25.6 Å². The Balaban J connectivity index is 1.13. The zero-order valence-electron chi connectivity index (χ0n) is 18.7. The van der Waals surface area contributed by atoms with Crippen molar-refractivity contribution >= 4 is 35.0 Å². The lowest BCUT2D eigenvalue weighted by Gasteiger charge is -2.36. The van der Waals surface area contributed by atoms with E-state index in [1.54, 1.807) is 40.4 Å². The maximum atomic E-state index is 13.1. The molecule has 0 saturated carbocycles. The molecule has 3 aliphatic rings. The molecule has 0 bridgehead atoms. The molecule has 2 N–H and O–H groups in total. The van der Waals surface area contributed by atoms with Crippen molar-refractivity contribution in [2.45, 2.75) is 24.9 Å². The Morgan fingerprint density at radius 2 is 1.68 bits per heavy atom. The van der Waals surface area contributed by atoms with Crippen LogP contribution in [0.15, 0.2) is 48.8 Å². The van der Waals surface area contributed by atoms with Gasteiger partial charge in [0, 0.05) is 68.3 Å². The number of benzene rings is 1. The Morgan fingerprint density at radius 3 is 2.38 bits per heavy atom. The van der Waals surface area contributed by atoms with Gasteiger partial charge in [-0.05, 0) is 42.3 Å². The number of hydrogen-bond donors (Lipinski definition) is 2. The number of pyridine rings is 1. The Labute approximate surface area is 203 Å². The van der Waals surface area contributed by atoms with Gasteiger partial charge in [0.1, 0.15) is 6.04 Å². The van der Waals surface area contributed by atoms with Crippen LogP contribution in [0.5, 0.6) is 0 Å². The zero-order valence-corrected chi connectivity index (χ0v) is 19.4. The molecular weight excluding hydrogens is 456 g/mol. The molecule has 178 valence electrons. The van der Waals surface area contributed by atoms with Crippen molar-refractivity contribution < 1.29 is 14.4 Å². The van der Waals surface area contributed by atoms with Crippen molar-refractivity contribution in [3.8, 4) is 0 Å². The second-order valence-corrected chi connectivity index (χ2v) is 9.38. The lowest BCUT2D eigenvalue weighted by atomic mass is 10.0. The van der Waals surface area contributed by atoms with E-state index in [1.165, 1.54) is 0 Å². The standard InChI is InChI=1S/C24H27ClN6O3/c25-18-2-1-3-19(13-18)31-15-17(12-22(31)32)23(33)29-8-10-30(11-9-29)24(34)21-14-20(27-28-21)16-4-6-26-7-5-16/h1-7,13,17,20-21,27-28H,8-12,14-15H2. The van der Waals surface area contributed by atoms with Gasteiger partial charge in [-0.2, -0.15) is 0 Å². The van der Waals surface area contributed by atoms with Gasteiger partial charge in [-0.3, -0.25) is 19.4 Å². The number of hydrazine groups is 1. The minimum atomic E-state index is -0.379. The van der Waals surface area contributed by atoms with Crippen LogP contribution < -0.4 is 15.8 Å². The molecule has 3 aliphatic heterocycles. The lowest BCUT2D eigenvalue weighted by molar-refractivity contribution is -0.142. The summed E-state index contributed by atoms with van der Waals surface area (Å²) < 4.78 is 0. The average molecular weight is 483 g/mol. The minimum absolute atomic E-state index is 0.0246. The average Bonchev–Trinajstić information content (AvgIpc) is 3.51. The van der Waals surface area contributed by atoms with Crippen LogP contribution in [0, 0.1) is 5.92 Å². The SMILES string of the molecule is O=C(C1CC(=O)N(c2cccc(Cl)c2)C1)N1CCN(C(=O)C2CC(c3ccncc3)NN2)CC1. The summed E-state index contributed by atoms with van der Waals surface area (Å²) in [5.41, 5.74) is 8.12. The molecule has 0 radical (unpaired) electrons. The molecule has 3 saturated heterocycles. The van der Waals surface area contributed by atoms with Gasteiger partial charge in [0.25, 0.3) is 0 Å². The van der Waals surface area contributed by atoms with E-state index < -0.39 is 0 Å². The van der Waals surface area contributed by atoms with E-state index in [4.69, 9.17) is 11.6 Å². The van der Waals surface area contributed by atoms with Crippen molar-refractivity contribution in [3.05, 3.63) is 59.4 Å². The van der Waals surface area contributed by atoms with Crippen LogP contribution in [0.4, 0.5) is 5.69 Å². The van der Waals surface area contributed by atoms with Crippen LogP contribution >= 0.6 is 11.6 Å². The predicted molar refractivity (Wildman–Crippen MR) is 127 cm³/mol. The fourth-order valence-electron chi connectivity index (χ4n) is 4.92. The highest BCUT2D eigenvalue weighted by Gasteiger charge is 2.39.